The number of carbonyl (C=O) groups excluding carboxylic acids is 2. The molecule has 3 aliphatic heterocycles. The summed E-state index contributed by atoms with van der Waals surface area (Å²) in [6.07, 6.45) is 1.83. The topological polar surface area (TPSA) is 43.9 Å². The zero-order valence-corrected chi connectivity index (χ0v) is 16.5. The van der Waals surface area contributed by atoms with E-state index in [1.165, 1.54) is 0 Å². The van der Waals surface area contributed by atoms with Gasteiger partial charge in [0, 0.05) is 45.5 Å². The van der Waals surface area contributed by atoms with E-state index in [1.807, 2.05) is 71.3 Å². The van der Waals surface area contributed by atoms with Crippen LogP contribution in [0.25, 0.3) is 0 Å². The molecule has 0 aromatic heterocycles. The number of amides is 2. The second kappa shape index (κ2) is 7.66. The van der Waals surface area contributed by atoms with Crippen molar-refractivity contribution in [1.82, 2.24) is 9.80 Å². The van der Waals surface area contributed by atoms with Crippen LogP contribution < -0.4 is 4.90 Å². The fourth-order valence-electron chi connectivity index (χ4n) is 4.41. The number of hydrogen-bond acceptors (Lipinski definition) is 3. The van der Waals surface area contributed by atoms with Crippen LogP contribution in [-0.4, -0.2) is 54.8 Å². The molecule has 2 atom stereocenters. The van der Waals surface area contributed by atoms with Crippen molar-refractivity contribution in [3.8, 4) is 0 Å². The maximum Gasteiger partial charge on any atom is 0.256 e. The number of piperidine rings is 1. The number of rotatable bonds is 4. The van der Waals surface area contributed by atoms with Crippen molar-refractivity contribution in [3.05, 3.63) is 65.7 Å². The van der Waals surface area contributed by atoms with Crippen molar-refractivity contribution in [2.24, 2.45) is 5.92 Å². The summed E-state index contributed by atoms with van der Waals surface area (Å²) in [6.45, 7) is 1.74. The third-order valence-electron chi connectivity index (χ3n) is 5.89. The standard InChI is InChI=1S/C23H27N3O2/c1-24(2)21-11-7-6-10-20(21)23(28)25-15-18-12-13-19(16-25)26(22(18)27)14-17-8-4-3-5-9-17/h3-11,18-19H,12-16H2,1-2H3/t18-,19+/m1/s1. The van der Waals surface area contributed by atoms with Crippen molar-refractivity contribution in [2.75, 3.05) is 32.1 Å². The lowest BCUT2D eigenvalue weighted by atomic mass is 9.93. The maximum atomic E-state index is 13.3. The molecule has 2 aromatic rings. The SMILES string of the molecule is CN(C)c1ccccc1C(=O)N1C[C@H]2CC[C@@H](C1)N(Cc1ccccc1)C2=O. The molecule has 0 spiro atoms. The van der Waals surface area contributed by atoms with E-state index in [0.717, 1.165) is 24.1 Å². The number of nitrogens with zero attached hydrogens (tertiary/aromatic N) is 3. The molecule has 0 aliphatic carbocycles. The lowest BCUT2D eigenvalue weighted by Gasteiger charge is -2.36. The van der Waals surface area contributed by atoms with Gasteiger partial charge in [0.25, 0.3) is 5.91 Å². The molecule has 5 nitrogen and oxygen atoms in total. The van der Waals surface area contributed by atoms with Gasteiger partial charge in [-0.3, -0.25) is 9.59 Å². The summed E-state index contributed by atoms with van der Waals surface area (Å²) in [6, 6.07) is 17.9. The van der Waals surface area contributed by atoms with Crippen LogP contribution in [0.2, 0.25) is 0 Å². The van der Waals surface area contributed by atoms with Gasteiger partial charge in [-0.25, -0.2) is 0 Å². The molecule has 28 heavy (non-hydrogen) atoms. The van der Waals surface area contributed by atoms with Gasteiger partial charge < -0.3 is 14.7 Å². The van der Waals surface area contributed by atoms with Crippen molar-refractivity contribution in [2.45, 2.75) is 25.4 Å². The summed E-state index contributed by atoms with van der Waals surface area (Å²) in [5.41, 5.74) is 2.76. The summed E-state index contributed by atoms with van der Waals surface area (Å²) in [4.78, 5) is 32.3. The fraction of sp³-hybridized carbons (Fsp3) is 0.391. The van der Waals surface area contributed by atoms with Crippen molar-refractivity contribution < 1.29 is 9.59 Å². The second-order valence-electron chi connectivity index (χ2n) is 8.00. The minimum atomic E-state index is -0.0991. The lowest BCUT2D eigenvalue weighted by Crippen LogP contribution is -2.47. The molecule has 5 rings (SSSR count). The summed E-state index contributed by atoms with van der Waals surface area (Å²) >= 11 is 0. The highest BCUT2D eigenvalue weighted by Gasteiger charge is 2.42. The Kier molecular flexibility index (Phi) is 5.07. The molecule has 0 saturated carbocycles. The van der Waals surface area contributed by atoms with E-state index in [2.05, 4.69) is 12.1 Å². The number of hydrogen-bond donors (Lipinski definition) is 0. The zero-order chi connectivity index (χ0) is 19.7. The van der Waals surface area contributed by atoms with E-state index in [1.54, 1.807) is 0 Å². The Balaban J connectivity index is 1.58. The molecular formula is C23H27N3O2. The van der Waals surface area contributed by atoms with E-state index >= 15 is 0 Å². The molecule has 2 aromatic carbocycles. The Hall–Kier alpha value is -2.82. The fourth-order valence-corrected chi connectivity index (χ4v) is 4.41. The number of benzene rings is 2. The van der Waals surface area contributed by atoms with Crippen LogP contribution in [0.15, 0.2) is 54.6 Å². The molecule has 5 heteroatoms. The Morgan fingerprint density at radius 1 is 1.00 bits per heavy atom. The number of fused-ring (bicyclic) bond motifs is 4. The average Bonchev–Trinajstić information content (AvgIpc) is 3.01. The number of carbonyl (C=O) groups is 2. The van der Waals surface area contributed by atoms with Gasteiger partial charge in [0.1, 0.15) is 0 Å². The van der Waals surface area contributed by atoms with Gasteiger partial charge in [-0.2, -0.15) is 0 Å². The predicted molar refractivity (Wildman–Crippen MR) is 110 cm³/mol. The van der Waals surface area contributed by atoms with Crippen LogP contribution in [0.5, 0.6) is 0 Å². The van der Waals surface area contributed by atoms with Crippen molar-refractivity contribution in [1.29, 1.82) is 0 Å². The van der Waals surface area contributed by atoms with E-state index in [-0.39, 0.29) is 23.8 Å². The average molecular weight is 377 g/mol. The first kappa shape index (κ1) is 18.5. The van der Waals surface area contributed by atoms with Gasteiger partial charge >= 0.3 is 0 Å². The highest BCUT2D eigenvalue weighted by molar-refractivity contribution is 6.00. The third-order valence-corrected chi connectivity index (χ3v) is 5.89. The smallest absolute Gasteiger partial charge is 0.256 e. The van der Waals surface area contributed by atoms with Crippen LogP contribution in [0.3, 0.4) is 0 Å². The van der Waals surface area contributed by atoms with Gasteiger partial charge in [0.05, 0.1) is 11.5 Å². The third kappa shape index (κ3) is 3.49. The highest BCUT2D eigenvalue weighted by Crippen LogP contribution is 2.32. The molecule has 0 unspecified atom stereocenters. The normalized spacial score (nSPS) is 21.6. The Bertz CT molecular complexity index is 865. The first-order valence-corrected chi connectivity index (χ1v) is 9.94. The molecule has 3 aliphatic rings. The molecule has 3 heterocycles. The molecule has 0 N–H and O–H groups in total. The molecule has 2 amide bonds. The van der Waals surface area contributed by atoms with Crippen LogP contribution in [0, 0.1) is 5.92 Å². The zero-order valence-electron chi connectivity index (χ0n) is 16.5. The largest absolute Gasteiger partial charge is 0.377 e. The Morgan fingerprint density at radius 3 is 2.46 bits per heavy atom. The molecule has 3 fully saturated rings. The lowest BCUT2D eigenvalue weighted by molar-refractivity contribution is -0.140. The van der Waals surface area contributed by atoms with E-state index in [4.69, 9.17) is 0 Å². The van der Waals surface area contributed by atoms with Crippen LogP contribution in [0.4, 0.5) is 5.69 Å². The highest BCUT2D eigenvalue weighted by atomic mass is 16.2. The van der Waals surface area contributed by atoms with E-state index < -0.39 is 0 Å². The molecule has 3 saturated heterocycles. The summed E-state index contributed by atoms with van der Waals surface area (Å²) < 4.78 is 0. The van der Waals surface area contributed by atoms with Crippen molar-refractivity contribution in [3.63, 3.8) is 0 Å². The first-order chi connectivity index (χ1) is 13.5. The van der Waals surface area contributed by atoms with Gasteiger partial charge in [0.2, 0.25) is 5.91 Å². The molecule has 2 bridgehead atoms. The van der Waals surface area contributed by atoms with Crippen LogP contribution in [-0.2, 0) is 11.3 Å². The molecule has 0 radical (unpaired) electrons. The first-order valence-electron chi connectivity index (χ1n) is 9.94. The van der Waals surface area contributed by atoms with E-state index in [0.29, 0.717) is 25.2 Å². The molecule has 146 valence electrons. The Morgan fingerprint density at radius 2 is 1.71 bits per heavy atom. The van der Waals surface area contributed by atoms with Gasteiger partial charge in [-0.15, -0.1) is 0 Å². The minimum absolute atomic E-state index is 0.0237. The van der Waals surface area contributed by atoms with Gasteiger partial charge in [0.15, 0.2) is 0 Å². The number of para-hydroxylation sites is 1. The maximum absolute atomic E-state index is 13.3. The van der Waals surface area contributed by atoms with Crippen LogP contribution in [0.1, 0.15) is 28.8 Å². The van der Waals surface area contributed by atoms with Gasteiger partial charge in [-0.05, 0) is 30.5 Å². The monoisotopic (exact) mass is 377 g/mol. The minimum Gasteiger partial charge on any atom is -0.377 e. The van der Waals surface area contributed by atoms with Gasteiger partial charge in [-0.1, -0.05) is 42.5 Å². The second-order valence-corrected chi connectivity index (χ2v) is 8.00. The van der Waals surface area contributed by atoms with Crippen molar-refractivity contribution >= 4 is 17.5 Å². The molecular weight excluding hydrogens is 350 g/mol. The summed E-state index contributed by atoms with van der Waals surface area (Å²) in [5, 5.41) is 0. The van der Waals surface area contributed by atoms with E-state index in [9.17, 15) is 9.59 Å². The Labute approximate surface area is 166 Å². The predicted octanol–water partition coefficient (Wildman–Crippen LogP) is 3.02. The quantitative estimate of drug-likeness (QED) is 0.823. The summed E-state index contributed by atoms with van der Waals surface area (Å²) in [7, 11) is 3.90. The number of anilines is 1. The summed E-state index contributed by atoms with van der Waals surface area (Å²) in [5.74, 6) is 0.116. The van der Waals surface area contributed by atoms with Crippen LogP contribution >= 0.6 is 0 Å².